The average molecular weight is 204 g/mol. The van der Waals surface area contributed by atoms with Crippen molar-refractivity contribution < 1.29 is 14.3 Å². The molecule has 0 unspecified atom stereocenters. The number of aromatic hydroxyl groups is 1. The summed E-state index contributed by atoms with van der Waals surface area (Å²) < 4.78 is 4.84. The van der Waals surface area contributed by atoms with Gasteiger partial charge in [0.15, 0.2) is 0 Å². The number of nitrogens with zero attached hydrogens (tertiary/aromatic N) is 1. The lowest BCUT2D eigenvalue weighted by Crippen LogP contribution is -2.10. The van der Waals surface area contributed by atoms with Gasteiger partial charge in [-0.3, -0.25) is 4.79 Å². The molecule has 1 aromatic carbocycles. The van der Waals surface area contributed by atoms with Crippen LogP contribution >= 0.6 is 0 Å². The second-order valence-corrected chi connectivity index (χ2v) is 2.92. The lowest BCUT2D eigenvalue weighted by atomic mass is 10.1. The summed E-state index contributed by atoms with van der Waals surface area (Å²) in [6, 6.07) is 6.62. The molecule has 1 heterocycles. The minimum Gasteiger partial charge on any atom is -0.507 e. The van der Waals surface area contributed by atoms with E-state index in [-0.39, 0.29) is 11.6 Å². The maximum absolute atomic E-state index is 10.7. The second-order valence-electron chi connectivity index (χ2n) is 2.92. The molecule has 1 aromatic heterocycles. The van der Waals surface area contributed by atoms with Crippen molar-refractivity contribution >= 4 is 5.91 Å². The topological polar surface area (TPSA) is 89.4 Å². The number of hydrogen-bond donors (Lipinski definition) is 2. The Balaban J connectivity index is 2.46. The van der Waals surface area contributed by atoms with Crippen LogP contribution in [0.4, 0.5) is 0 Å². The lowest BCUT2D eigenvalue weighted by Gasteiger charge is -1.97. The zero-order chi connectivity index (χ0) is 10.8. The fraction of sp³-hybridized carbons (Fsp3) is 0. The first-order chi connectivity index (χ1) is 7.18. The molecule has 0 bridgehead atoms. The number of benzene rings is 1. The van der Waals surface area contributed by atoms with E-state index in [0.717, 1.165) is 0 Å². The molecule has 0 spiro atoms. The molecule has 3 N–H and O–H groups in total. The maximum atomic E-state index is 10.7. The Labute approximate surface area is 85.2 Å². The predicted octanol–water partition coefficient (Wildman–Crippen LogP) is 1.15. The number of carbonyl (C=O) groups excluding carboxylic acids is 1. The third-order valence-corrected chi connectivity index (χ3v) is 1.89. The van der Waals surface area contributed by atoms with Gasteiger partial charge < -0.3 is 15.3 Å². The van der Waals surface area contributed by atoms with Crippen molar-refractivity contribution in [3.63, 3.8) is 0 Å². The van der Waals surface area contributed by atoms with Crippen LogP contribution in [0.1, 0.15) is 10.7 Å². The molecule has 0 atom stereocenters. The van der Waals surface area contributed by atoms with Crippen LogP contribution in [0.2, 0.25) is 0 Å². The third-order valence-electron chi connectivity index (χ3n) is 1.89. The van der Waals surface area contributed by atoms with Gasteiger partial charge in [0.25, 0.3) is 5.89 Å². The number of nitrogens with two attached hydrogens (primary N) is 1. The fourth-order valence-corrected chi connectivity index (χ4v) is 1.20. The van der Waals surface area contributed by atoms with Gasteiger partial charge in [0, 0.05) is 5.56 Å². The Morgan fingerprint density at radius 3 is 2.73 bits per heavy atom. The molecule has 0 saturated heterocycles. The molecule has 0 radical (unpaired) electrons. The van der Waals surface area contributed by atoms with Crippen LogP contribution in [-0.2, 0) is 0 Å². The summed E-state index contributed by atoms with van der Waals surface area (Å²) in [4.78, 5) is 14.6. The molecule has 15 heavy (non-hydrogen) atoms. The van der Waals surface area contributed by atoms with E-state index in [1.165, 1.54) is 12.3 Å². The van der Waals surface area contributed by atoms with Crippen molar-refractivity contribution in [1.82, 2.24) is 4.98 Å². The molecule has 76 valence electrons. The second kappa shape index (κ2) is 3.45. The van der Waals surface area contributed by atoms with E-state index in [9.17, 15) is 9.90 Å². The van der Waals surface area contributed by atoms with Gasteiger partial charge in [0.2, 0.25) is 0 Å². The monoisotopic (exact) mass is 204 g/mol. The highest BCUT2D eigenvalue weighted by atomic mass is 16.4. The van der Waals surface area contributed by atoms with Gasteiger partial charge in [0.1, 0.15) is 17.7 Å². The van der Waals surface area contributed by atoms with Crippen LogP contribution in [0.3, 0.4) is 0 Å². The first-order valence-electron chi connectivity index (χ1n) is 4.22. The van der Waals surface area contributed by atoms with Crippen LogP contribution < -0.4 is 5.73 Å². The van der Waals surface area contributed by atoms with Gasteiger partial charge in [-0.2, -0.15) is 0 Å². The molecule has 0 aliphatic rings. The van der Waals surface area contributed by atoms with E-state index >= 15 is 0 Å². The average Bonchev–Trinajstić information content (AvgIpc) is 2.67. The number of amides is 1. The lowest BCUT2D eigenvalue weighted by molar-refractivity contribution is 0.0967. The SMILES string of the molecule is NC(=O)c1nc(-c2ccccc2O)co1. The third kappa shape index (κ3) is 1.67. The van der Waals surface area contributed by atoms with Crippen molar-refractivity contribution in [1.29, 1.82) is 0 Å². The summed E-state index contributed by atoms with van der Waals surface area (Å²) >= 11 is 0. The number of phenols is 1. The van der Waals surface area contributed by atoms with Crippen LogP contribution in [0.15, 0.2) is 34.9 Å². The summed E-state index contributed by atoms with van der Waals surface area (Å²) in [5.41, 5.74) is 5.86. The number of para-hydroxylation sites is 1. The largest absolute Gasteiger partial charge is 0.507 e. The summed E-state index contributed by atoms with van der Waals surface area (Å²) in [5, 5.41) is 9.51. The molecular formula is C10H8N2O3. The van der Waals surface area contributed by atoms with E-state index in [1.807, 2.05) is 0 Å². The maximum Gasteiger partial charge on any atom is 0.304 e. The number of phenolic OH excluding ortho intramolecular Hbond substituents is 1. The minimum atomic E-state index is -0.739. The zero-order valence-electron chi connectivity index (χ0n) is 7.68. The number of aromatic nitrogens is 1. The molecular weight excluding hydrogens is 196 g/mol. The minimum absolute atomic E-state index is 0.0711. The van der Waals surface area contributed by atoms with Crippen molar-refractivity contribution in [2.24, 2.45) is 5.73 Å². The Kier molecular flexibility index (Phi) is 2.13. The molecule has 2 aromatic rings. The Morgan fingerprint density at radius 2 is 2.13 bits per heavy atom. The van der Waals surface area contributed by atoms with Crippen LogP contribution in [0.25, 0.3) is 11.3 Å². The quantitative estimate of drug-likeness (QED) is 0.767. The van der Waals surface area contributed by atoms with E-state index in [0.29, 0.717) is 11.3 Å². The highest BCUT2D eigenvalue weighted by Crippen LogP contribution is 2.27. The summed E-state index contributed by atoms with van der Waals surface area (Å²) in [6.45, 7) is 0. The smallest absolute Gasteiger partial charge is 0.304 e. The van der Waals surface area contributed by atoms with Gasteiger partial charge in [-0.25, -0.2) is 4.98 Å². The van der Waals surface area contributed by atoms with Crippen molar-refractivity contribution in [2.75, 3.05) is 0 Å². The highest BCUT2D eigenvalue weighted by Gasteiger charge is 2.12. The number of hydrogen-bond acceptors (Lipinski definition) is 4. The van der Waals surface area contributed by atoms with Crippen LogP contribution in [0.5, 0.6) is 5.75 Å². The molecule has 0 aliphatic heterocycles. The standard InChI is InChI=1S/C10H8N2O3/c11-9(14)10-12-7(5-15-10)6-3-1-2-4-8(6)13/h1-5,13H,(H2,11,14). The number of primary amides is 1. The number of rotatable bonds is 2. The van der Waals surface area contributed by atoms with Gasteiger partial charge in [-0.05, 0) is 12.1 Å². The van der Waals surface area contributed by atoms with Gasteiger partial charge in [-0.1, -0.05) is 12.1 Å². The molecule has 2 rings (SSSR count). The van der Waals surface area contributed by atoms with Crippen molar-refractivity contribution in [3.05, 3.63) is 36.4 Å². The Morgan fingerprint density at radius 1 is 1.40 bits per heavy atom. The summed E-state index contributed by atoms with van der Waals surface area (Å²) in [5.74, 6) is -0.841. The summed E-state index contributed by atoms with van der Waals surface area (Å²) in [6.07, 6.45) is 1.27. The first-order valence-corrected chi connectivity index (χ1v) is 4.22. The predicted molar refractivity (Wildman–Crippen MR) is 52.1 cm³/mol. The van der Waals surface area contributed by atoms with E-state index in [2.05, 4.69) is 4.98 Å². The fourth-order valence-electron chi connectivity index (χ4n) is 1.20. The zero-order valence-corrected chi connectivity index (χ0v) is 7.68. The molecule has 0 aliphatic carbocycles. The Hall–Kier alpha value is -2.30. The van der Waals surface area contributed by atoms with Crippen LogP contribution in [-0.4, -0.2) is 16.0 Å². The highest BCUT2D eigenvalue weighted by molar-refractivity contribution is 5.88. The summed E-state index contributed by atoms with van der Waals surface area (Å²) in [7, 11) is 0. The molecule has 0 fully saturated rings. The molecule has 5 nitrogen and oxygen atoms in total. The van der Waals surface area contributed by atoms with E-state index < -0.39 is 5.91 Å². The normalized spacial score (nSPS) is 10.1. The van der Waals surface area contributed by atoms with Gasteiger partial charge in [-0.15, -0.1) is 0 Å². The van der Waals surface area contributed by atoms with Gasteiger partial charge >= 0.3 is 5.91 Å². The molecule has 0 saturated carbocycles. The Bertz CT molecular complexity index is 505. The van der Waals surface area contributed by atoms with Crippen molar-refractivity contribution in [2.45, 2.75) is 0 Å². The first kappa shape index (κ1) is 9.26. The number of carbonyl (C=O) groups is 1. The van der Waals surface area contributed by atoms with Crippen LogP contribution in [0, 0.1) is 0 Å². The number of oxazole rings is 1. The van der Waals surface area contributed by atoms with E-state index in [1.54, 1.807) is 18.2 Å². The van der Waals surface area contributed by atoms with E-state index in [4.69, 9.17) is 10.2 Å². The molecule has 5 heteroatoms. The molecule has 1 amide bonds. The van der Waals surface area contributed by atoms with Gasteiger partial charge in [0.05, 0.1) is 0 Å². The van der Waals surface area contributed by atoms with Crippen molar-refractivity contribution in [3.8, 4) is 17.0 Å².